The molecule has 0 spiro atoms. The smallest absolute Gasteiger partial charge is 0.322 e. The maximum atomic E-state index is 14.0. The molecule has 4 nitrogen and oxygen atoms in total. The monoisotopic (exact) mass is 517 g/mol. The Hall–Kier alpha value is -4.05. The molecule has 4 heteroatoms. The molecular weight excluding hydrogens is 478 g/mol. The first-order chi connectivity index (χ1) is 18.9. The second kappa shape index (κ2) is 11.4. The van der Waals surface area contributed by atoms with Crippen LogP contribution >= 0.6 is 0 Å². The van der Waals surface area contributed by atoms with E-state index in [0.717, 1.165) is 23.4 Å². The van der Waals surface area contributed by atoms with Crippen LogP contribution in [0.25, 0.3) is 21.8 Å². The first kappa shape index (κ1) is 26.6. The first-order valence-corrected chi connectivity index (χ1v) is 14.1. The van der Waals surface area contributed by atoms with E-state index in [9.17, 15) is 4.79 Å². The molecule has 4 aromatic carbocycles. The molecule has 1 N–H and O–H groups in total. The van der Waals surface area contributed by atoms with Gasteiger partial charge in [0.1, 0.15) is 0 Å². The molecule has 0 saturated heterocycles. The minimum absolute atomic E-state index is 0.0788. The minimum Gasteiger partial charge on any atom is -0.341 e. The maximum Gasteiger partial charge on any atom is 0.322 e. The number of aryl methyl sites for hydroxylation is 1. The predicted octanol–water partition coefficient (Wildman–Crippen LogP) is 9.30. The second-order valence-corrected chi connectivity index (χ2v) is 11.0. The lowest BCUT2D eigenvalue weighted by Crippen LogP contribution is -2.34. The standard InChI is InChI=1S/C35H39N3O/c1-6-38-32-18-11-10-15-30(32)31-21-27(19-20-33(31)38)23-37(22-26-13-8-7-9-14-26)35(39)36-34-28(24(2)3)16-12-17-29(34)25(4)5/h7-21,24-25H,6,22-23H2,1-5H3,(H,36,39). The summed E-state index contributed by atoms with van der Waals surface area (Å²) in [6.07, 6.45) is 0. The molecule has 1 aromatic heterocycles. The number of aromatic nitrogens is 1. The number of urea groups is 1. The van der Waals surface area contributed by atoms with E-state index in [1.54, 1.807) is 0 Å². The summed E-state index contributed by atoms with van der Waals surface area (Å²) >= 11 is 0. The summed E-state index contributed by atoms with van der Waals surface area (Å²) in [6.45, 7) is 12.9. The molecular formula is C35H39N3O. The van der Waals surface area contributed by atoms with Crippen LogP contribution in [0.1, 0.15) is 68.7 Å². The molecule has 0 atom stereocenters. The quantitative estimate of drug-likeness (QED) is 0.219. The highest BCUT2D eigenvalue weighted by Gasteiger charge is 2.21. The molecule has 0 aliphatic rings. The second-order valence-electron chi connectivity index (χ2n) is 11.0. The average molecular weight is 518 g/mol. The van der Waals surface area contributed by atoms with E-state index in [-0.39, 0.29) is 6.03 Å². The minimum atomic E-state index is -0.0788. The largest absolute Gasteiger partial charge is 0.341 e. The molecule has 0 aliphatic heterocycles. The molecule has 5 rings (SSSR count). The van der Waals surface area contributed by atoms with Gasteiger partial charge in [0.05, 0.1) is 0 Å². The van der Waals surface area contributed by atoms with E-state index in [1.165, 1.54) is 32.9 Å². The molecule has 0 radical (unpaired) electrons. The number of nitrogens with zero attached hydrogens (tertiary/aromatic N) is 2. The number of rotatable bonds is 8. The zero-order valence-corrected chi connectivity index (χ0v) is 23.7. The average Bonchev–Trinajstić information content (AvgIpc) is 3.26. The van der Waals surface area contributed by atoms with Gasteiger partial charge >= 0.3 is 6.03 Å². The number of fused-ring (bicyclic) bond motifs is 3. The maximum absolute atomic E-state index is 14.0. The van der Waals surface area contributed by atoms with Crippen LogP contribution in [0.3, 0.4) is 0 Å². The van der Waals surface area contributed by atoms with Gasteiger partial charge in [-0.1, -0.05) is 100 Å². The SMILES string of the molecule is CCn1c2ccccc2c2cc(CN(Cc3ccccc3)C(=O)Nc3c(C(C)C)cccc3C(C)C)ccc21. The van der Waals surface area contributed by atoms with Crippen LogP contribution in [-0.2, 0) is 19.6 Å². The van der Waals surface area contributed by atoms with E-state index < -0.39 is 0 Å². The molecule has 0 bridgehead atoms. The number of hydrogen-bond donors (Lipinski definition) is 1. The van der Waals surface area contributed by atoms with Gasteiger partial charge in [0.2, 0.25) is 0 Å². The number of hydrogen-bond acceptors (Lipinski definition) is 1. The van der Waals surface area contributed by atoms with Crippen LogP contribution < -0.4 is 5.32 Å². The van der Waals surface area contributed by atoms with E-state index in [2.05, 4.69) is 117 Å². The Morgan fingerprint density at radius 2 is 1.33 bits per heavy atom. The molecule has 0 saturated carbocycles. The molecule has 2 amide bonds. The molecule has 0 aliphatic carbocycles. The normalized spacial score (nSPS) is 11.6. The number of nitrogens with one attached hydrogen (secondary N) is 1. The van der Waals surface area contributed by atoms with Crippen molar-refractivity contribution in [1.29, 1.82) is 0 Å². The molecule has 0 unspecified atom stereocenters. The number of amides is 2. The fraction of sp³-hybridized carbons (Fsp3) is 0.286. The predicted molar refractivity (Wildman–Crippen MR) is 164 cm³/mol. The van der Waals surface area contributed by atoms with Crippen LogP contribution in [0.5, 0.6) is 0 Å². The highest BCUT2D eigenvalue weighted by molar-refractivity contribution is 6.08. The summed E-state index contributed by atoms with van der Waals surface area (Å²) in [4.78, 5) is 15.9. The van der Waals surface area contributed by atoms with Gasteiger partial charge < -0.3 is 14.8 Å². The van der Waals surface area contributed by atoms with Gasteiger partial charge in [0.15, 0.2) is 0 Å². The molecule has 200 valence electrons. The summed E-state index contributed by atoms with van der Waals surface area (Å²) in [6, 6.07) is 31.7. The number of carbonyl (C=O) groups excluding carboxylic acids is 1. The Balaban J connectivity index is 1.52. The Labute approximate surface area is 232 Å². The Kier molecular flexibility index (Phi) is 7.74. The van der Waals surface area contributed by atoms with Crippen LogP contribution in [0.4, 0.5) is 10.5 Å². The number of para-hydroxylation sites is 2. The lowest BCUT2D eigenvalue weighted by atomic mass is 9.93. The topological polar surface area (TPSA) is 37.3 Å². The van der Waals surface area contributed by atoms with Crippen molar-refractivity contribution in [3.8, 4) is 0 Å². The van der Waals surface area contributed by atoms with Gasteiger partial charge in [-0.15, -0.1) is 0 Å². The molecule has 0 fully saturated rings. The summed E-state index contributed by atoms with van der Waals surface area (Å²) in [5.74, 6) is 0.611. The fourth-order valence-corrected chi connectivity index (χ4v) is 5.64. The third-order valence-corrected chi connectivity index (χ3v) is 7.63. The van der Waals surface area contributed by atoms with Gasteiger partial charge in [-0.25, -0.2) is 4.79 Å². The van der Waals surface area contributed by atoms with E-state index in [0.29, 0.717) is 24.9 Å². The Morgan fingerprint density at radius 3 is 2.00 bits per heavy atom. The fourth-order valence-electron chi connectivity index (χ4n) is 5.64. The zero-order chi connectivity index (χ0) is 27.5. The van der Waals surface area contributed by atoms with Crippen molar-refractivity contribution in [3.05, 3.63) is 113 Å². The highest BCUT2D eigenvalue weighted by Crippen LogP contribution is 2.33. The summed E-state index contributed by atoms with van der Waals surface area (Å²) in [5, 5.41) is 5.83. The van der Waals surface area contributed by atoms with Gasteiger partial charge in [0.25, 0.3) is 0 Å². The van der Waals surface area contributed by atoms with Crippen molar-refractivity contribution >= 4 is 33.5 Å². The lowest BCUT2D eigenvalue weighted by Gasteiger charge is -2.26. The summed E-state index contributed by atoms with van der Waals surface area (Å²) < 4.78 is 2.36. The van der Waals surface area contributed by atoms with Gasteiger partial charge in [-0.3, -0.25) is 0 Å². The molecule has 39 heavy (non-hydrogen) atoms. The zero-order valence-electron chi connectivity index (χ0n) is 23.7. The van der Waals surface area contributed by atoms with Crippen molar-refractivity contribution in [1.82, 2.24) is 9.47 Å². The van der Waals surface area contributed by atoms with Crippen molar-refractivity contribution in [2.75, 3.05) is 5.32 Å². The first-order valence-electron chi connectivity index (χ1n) is 14.1. The van der Waals surface area contributed by atoms with Crippen LogP contribution in [-0.4, -0.2) is 15.5 Å². The highest BCUT2D eigenvalue weighted by atomic mass is 16.2. The van der Waals surface area contributed by atoms with Crippen molar-refractivity contribution in [2.45, 2.75) is 66.1 Å². The van der Waals surface area contributed by atoms with E-state index in [4.69, 9.17) is 0 Å². The lowest BCUT2D eigenvalue weighted by molar-refractivity contribution is 0.206. The van der Waals surface area contributed by atoms with Gasteiger partial charge in [-0.05, 0) is 59.2 Å². The van der Waals surface area contributed by atoms with Crippen molar-refractivity contribution < 1.29 is 4.79 Å². The third kappa shape index (κ3) is 5.42. The van der Waals surface area contributed by atoms with E-state index >= 15 is 0 Å². The summed E-state index contributed by atoms with van der Waals surface area (Å²) in [5.41, 5.74) is 8.00. The summed E-state index contributed by atoms with van der Waals surface area (Å²) in [7, 11) is 0. The molecule has 5 aromatic rings. The third-order valence-electron chi connectivity index (χ3n) is 7.63. The number of benzene rings is 4. The number of anilines is 1. The Bertz CT molecular complexity index is 1570. The Morgan fingerprint density at radius 1 is 0.718 bits per heavy atom. The van der Waals surface area contributed by atoms with Crippen LogP contribution in [0.15, 0.2) is 91.0 Å². The van der Waals surface area contributed by atoms with Crippen molar-refractivity contribution in [2.24, 2.45) is 0 Å². The van der Waals surface area contributed by atoms with Crippen LogP contribution in [0.2, 0.25) is 0 Å². The molecule has 1 heterocycles. The van der Waals surface area contributed by atoms with Crippen molar-refractivity contribution in [3.63, 3.8) is 0 Å². The van der Waals surface area contributed by atoms with Gasteiger partial charge in [-0.2, -0.15) is 0 Å². The number of carbonyl (C=O) groups is 1. The van der Waals surface area contributed by atoms with E-state index in [1.807, 2.05) is 23.1 Å². The van der Waals surface area contributed by atoms with Crippen LogP contribution in [0, 0.1) is 0 Å². The van der Waals surface area contributed by atoms with Gasteiger partial charge in [0, 0.05) is 47.1 Å².